The Kier molecular flexibility index (Phi) is 5.59. The van der Waals surface area contributed by atoms with Gasteiger partial charge in [-0.05, 0) is 42.9 Å². The van der Waals surface area contributed by atoms with Gasteiger partial charge in [0, 0.05) is 24.0 Å². The van der Waals surface area contributed by atoms with Crippen molar-refractivity contribution in [2.45, 2.75) is 52.4 Å². The number of amides is 1. The lowest BCUT2D eigenvalue weighted by Crippen LogP contribution is -2.41. The summed E-state index contributed by atoms with van der Waals surface area (Å²) in [7, 11) is 0. The molecule has 0 N–H and O–H groups in total. The monoisotopic (exact) mass is 371 g/mol. The summed E-state index contributed by atoms with van der Waals surface area (Å²) >= 11 is 0. The van der Waals surface area contributed by atoms with Gasteiger partial charge in [-0.1, -0.05) is 26.8 Å². The van der Waals surface area contributed by atoms with E-state index in [2.05, 4.69) is 32.9 Å². The van der Waals surface area contributed by atoms with Crippen LogP contribution < -0.4 is 0 Å². The van der Waals surface area contributed by atoms with Crippen molar-refractivity contribution in [1.29, 1.82) is 0 Å². The first kappa shape index (κ1) is 19.5. The lowest BCUT2D eigenvalue weighted by molar-refractivity contribution is -0.151. The number of carbonyl (C=O) groups excluding carboxylic acids is 2. The number of nitrogens with zero attached hydrogens (tertiary/aromatic N) is 1. The summed E-state index contributed by atoms with van der Waals surface area (Å²) in [4.78, 5) is 26.5. The Balaban J connectivity index is 1.67. The fraction of sp³-hybridized carbons (Fsp3) is 0.545. The molecule has 1 aromatic heterocycles. The molecule has 1 aromatic carbocycles. The zero-order chi connectivity index (χ0) is 19.6. The zero-order valence-electron chi connectivity index (χ0n) is 16.7. The maximum atomic E-state index is 12.8. The molecule has 0 aliphatic carbocycles. The lowest BCUT2D eigenvalue weighted by Gasteiger charge is -2.30. The van der Waals surface area contributed by atoms with Gasteiger partial charge in [-0.3, -0.25) is 9.59 Å². The van der Waals surface area contributed by atoms with Gasteiger partial charge in [-0.15, -0.1) is 0 Å². The molecule has 27 heavy (non-hydrogen) atoms. The van der Waals surface area contributed by atoms with E-state index in [9.17, 15) is 9.59 Å². The van der Waals surface area contributed by atoms with Crippen LogP contribution in [0.1, 0.15) is 51.7 Å². The summed E-state index contributed by atoms with van der Waals surface area (Å²) in [5.74, 6) is -0.139. The van der Waals surface area contributed by atoms with Crippen LogP contribution in [0, 0.1) is 5.92 Å². The molecule has 3 rings (SSSR count). The van der Waals surface area contributed by atoms with Crippen LogP contribution in [0.25, 0.3) is 11.0 Å². The van der Waals surface area contributed by atoms with Crippen LogP contribution in [0.2, 0.25) is 0 Å². The van der Waals surface area contributed by atoms with E-state index >= 15 is 0 Å². The number of rotatable bonds is 4. The van der Waals surface area contributed by atoms with E-state index in [1.165, 1.54) is 5.56 Å². The number of carbonyl (C=O) groups is 2. The molecule has 0 atom stereocenters. The van der Waals surface area contributed by atoms with Crippen LogP contribution in [-0.4, -0.2) is 36.5 Å². The third-order valence-corrected chi connectivity index (χ3v) is 5.33. The van der Waals surface area contributed by atoms with Crippen molar-refractivity contribution in [2.75, 3.05) is 19.7 Å². The summed E-state index contributed by atoms with van der Waals surface area (Å²) in [5, 5.41) is 1.01. The Hall–Kier alpha value is -2.30. The van der Waals surface area contributed by atoms with Crippen molar-refractivity contribution in [3.63, 3.8) is 0 Å². The van der Waals surface area contributed by atoms with Gasteiger partial charge in [0.25, 0.3) is 0 Å². The number of likely N-dealkylation sites (tertiary alicyclic amines) is 1. The molecule has 1 amide bonds. The van der Waals surface area contributed by atoms with Crippen molar-refractivity contribution in [2.24, 2.45) is 5.92 Å². The minimum atomic E-state index is -0.139. The molecular formula is C22H29NO4. The molecule has 0 unspecified atom stereocenters. The Bertz CT molecular complexity index is 822. The first-order valence-electron chi connectivity index (χ1n) is 9.74. The smallest absolute Gasteiger partial charge is 0.309 e. The largest absolute Gasteiger partial charge is 0.466 e. The molecule has 1 aliphatic heterocycles. The highest BCUT2D eigenvalue weighted by atomic mass is 16.5. The minimum Gasteiger partial charge on any atom is -0.466 e. The van der Waals surface area contributed by atoms with Crippen LogP contribution in [0.4, 0.5) is 0 Å². The highest BCUT2D eigenvalue weighted by Gasteiger charge is 2.28. The van der Waals surface area contributed by atoms with Crippen LogP contribution in [0.5, 0.6) is 0 Å². The highest BCUT2D eigenvalue weighted by Crippen LogP contribution is 2.29. The fourth-order valence-electron chi connectivity index (χ4n) is 3.58. The van der Waals surface area contributed by atoms with E-state index in [0.29, 0.717) is 39.0 Å². The summed E-state index contributed by atoms with van der Waals surface area (Å²) in [6.45, 7) is 9.95. The first-order valence-corrected chi connectivity index (χ1v) is 9.74. The Morgan fingerprint density at radius 3 is 2.56 bits per heavy atom. The van der Waals surface area contributed by atoms with Gasteiger partial charge in [0.2, 0.25) is 5.91 Å². The Labute approximate surface area is 160 Å². The van der Waals surface area contributed by atoms with Crippen molar-refractivity contribution in [1.82, 2.24) is 4.90 Å². The average Bonchev–Trinajstić information content (AvgIpc) is 3.03. The number of esters is 1. The van der Waals surface area contributed by atoms with Crippen LogP contribution in [-0.2, 0) is 26.2 Å². The molecule has 2 heterocycles. The van der Waals surface area contributed by atoms with E-state index in [1.807, 2.05) is 17.9 Å². The molecule has 0 bridgehead atoms. The van der Waals surface area contributed by atoms with E-state index in [-0.39, 0.29) is 23.2 Å². The standard InChI is InChI=1S/C22H29NO4/c1-5-26-21(25)15-8-10-23(11-9-15)20(24)12-16-14-27-19-7-6-17(13-18(16)19)22(2,3)4/h6-7,13-15H,5,8-12H2,1-4H3. The quantitative estimate of drug-likeness (QED) is 0.760. The minimum absolute atomic E-state index is 0.0434. The molecule has 5 heteroatoms. The normalized spacial score (nSPS) is 15.9. The first-order chi connectivity index (χ1) is 12.8. The summed E-state index contributed by atoms with van der Waals surface area (Å²) in [6.07, 6.45) is 3.36. The summed E-state index contributed by atoms with van der Waals surface area (Å²) in [6, 6.07) is 6.20. The number of furan rings is 1. The topological polar surface area (TPSA) is 59.8 Å². The second-order valence-corrected chi connectivity index (χ2v) is 8.31. The lowest BCUT2D eigenvalue weighted by atomic mass is 9.86. The fourth-order valence-corrected chi connectivity index (χ4v) is 3.58. The van der Waals surface area contributed by atoms with Gasteiger partial charge < -0.3 is 14.1 Å². The zero-order valence-corrected chi connectivity index (χ0v) is 16.7. The van der Waals surface area contributed by atoms with Gasteiger partial charge >= 0.3 is 5.97 Å². The van der Waals surface area contributed by atoms with E-state index in [4.69, 9.17) is 9.15 Å². The van der Waals surface area contributed by atoms with Crippen molar-refractivity contribution in [3.8, 4) is 0 Å². The molecule has 0 radical (unpaired) electrons. The molecule has 2 aromatic rings. The molecule has 1 saturated heterocycles. The predicted molar refractivity (Wildman–Crippen MR) is 105 cm³/mol. The van der Waals surface area contributed by atoms with E-state index in [0.717, 1.165) is 16.5 Å². The molecular weight excluding hydrogens is 342 g/mol. The Morgan fingerprint density at radius 2 is 1.93 bits per heavy atom. The third kappa shape index (κ3) is 4.34. The van der Waals surface area contributed by atoms with Gasteiger partial charge in [0.1, 0.15) is 5.58 Å². The molecule has 0 spiro atoms. The van der Waals surface area contributed by atoms with Crippen molar-refractivity contribution >= 4 is 22.8 Å². The number of fused-ring (bicyclic) bond motifs is 1. The number of benzene rings is 1. The average molecular weight is 371 g/mol. The summed E-state index contributed by atoms with van der Waals surface area (Å²) < 4.78 is 10.7. The number of hydrogen-bond donors (Lipinski definition) is 0. The predicted octanol–water partition coefficient (Wildman–Crippen LogP) is 4.07. The SMILES string of the molecule is CCOC(=O)C1CCN(C(=O)Cc2coc3ccc(C(C)(C)C)cc23)CC1. The van der Waals surface area contributed by atoms with Gasteiger partial charge in [-0.25, -0.2) is 0 Å². The molecule has 0 saturated carbocycles. The highest BCUT2D eigenvalue weighted by molar-refractivity contribution is 5.88. The maximum Gasteiger partial charge on any atom is 0.309 e. The van der Waals surface area contributed by atoms with Crippen LogP contribution in [0.15, 0.2) is 28.9 Å². The molecule has 5 nitrogen and oxygen atoms in total. The number of hydrogen-bond acceptors (Lipinski definition) is 4. The van der Waals surface area contributed by atoms with Crippen molar-refractivity contribution < 1.29 is 18.7 Å². The van der Waals surface area contributed by atoms with Gasteiger partial charge in [0.15, 0.2) is 0 Å². The van der Waals surface area contributed by atoms with Crippen LogP contribution >= 0.6 is 0 Å². The van der Waals surface area contributed by atoms with Crippen molar-refractivity contribution in [3.05, 3.63) is 35.6 Å². The summed E-state index contributed by atoms with van der Waals surface area (Å²) in [5.41, 5.74) is 3.00. The molecule has 1 fully saturated rings. The maximum absolute atomic E-state index is 12.8. The second kappa shape index (κ2) is 7.75. The third-order valence-electron chi connectivity index (χ3n) is 5.33. The number of piperidine rings is 1. The van der Waals surface area contributed by atoms with E-state index < -0.39 is 0 Å². The van der Waals surface area contributed by atoms with Gasteiger partial charge in [-0.2, -0.15) is 0 Å². The molecule has 146 valence electrons. The van der Waals surface area contributed by atoms with E-state index in [1.54, 1.807) is 6.26 Å². The van der Waals surface area contributed by atoms with Gasteiger partial charge in [0.05, 0.1) is 25.2 Å². The Morgan fingerprint density at radius 1 is 1.22 bits per heavy atom. The number of ether oxygens (including phenoxy) is 1. The second-order valence-electron chi connectivity index (χ2n) is 8.31. The van der Waals surface area contributed by atoms with Crippen LogP contribution in [0.3, 0.4) is 0 Å². The molecule has 1 aliphatic rings.